The predicted molar refractivity (Wildman–Crippen MR) is 80.6 cm³/mol. The van der Waals surface area contributed by atoms with Crippen LogP contribution in [0.25, 0.3) is 0 Å². The highest BCUT2D eigenvalue weighted by Gasteiger charge is 2.27. The largest absolute Gasteiger partial charge is 0.491 e. The third kappa shape index (κ3) is 2.85. The molecular weight excluding hydrogens is 275 g/mol. The van der Waals surface area contributed by atoms with Gasteiger partial charge in [-0.2, -0.15) is 0 Å². The Morgan fingerprint density at radius 2 is 2.30 bits per heavy atom. The van der Waals surface area contributed by atoms with Gasteiger partial charge in [-0.15, -0.1) is 0 Å². The van der Waals surface area contributed by atoms with Crippen LogP contribution in [0.3, 0.4) is 0 Å². The molecule has 2 heterocycles. The quantitative estimate of drug-likeness (QED) is 0.578. The molecule has 0 atom stereocenters. The Hall–Kier alpha value is -1.83. The van der Waals surface area contributed by atoms with E-state index in [9.17, 15) is 5.02 Å². The maximum Gasteiger partial charge on any atom is 0.491 e. The second kappa shape index (κ2) is 5.66. The average molecular weight is 288 g/mol. The summed E-state index contributed by atoms with van der Waals surface area (Å²) in [4.78, 5) is 0. The third-order valence-electron chi connectivity index (χ3n) is 3.07. The van der Waals surface area contributed by atoms with Gasteiger partial charge in [0.05, 0.1) is 19.4 Å². The average Bonchev–Trinajstić information content (AvgIpc) is 3.07. The zero-order chi connectivity index (χ0) is 13.9. The summed E-state index contributed by atoms with van der Waals surface area (Å²) in [5.74, 6) is 0.812. The molecule has 0 saturated heterocycles. The van der Waals surface area contributed by atoms with Crippen LogP contribution in [0.2, 0.25) is 0 Å². The number of hydrogen-bond donors (Lipinski definition) is 3. The van der Waals surface area contributed by atoms with Gasteiger partial charge < -0.3 is 24.7 Å². The molecule has 1 aliphatic heterocycles. The molecule has 0 unspecified atom stereocenters. The predicted octanol–water partition coefficient (Wildman–Crippen LogP) is 0.984. The second-order valence-electron chi connectivity index (χ2n) is 4.46. The van der Waals surface area contributed by atoms with Gasteiger partial charge in [0.15, 0.2) is 5.11 Å². The Morgan fingerprint density at radius 1 is 1.40 bits per heavy atom. The molecule has 0 aliphatic carbocycles. The van der Waals surface area contributed by atoms with Gasteiger partial charge in [0.25, 0.3) is 0 Å². The number of thiocarbonyl (C=S) groups is 1. The second-order valence-corrected chi connectivity index (χ2v) is 4.87. The summed E-state index contributed by atoms with van der Waals surface area (Å²) in [7, 11) is -0.851. The van der Waals surface area contributed by atoms with E-state index in [1.165, 1.54) is 0 Å². The van der Waals surface area contributed by atoms with E-state index < -0.39 is 7.12 Å². The van der Waals surface area contributed by atoms with Crippen molar-refractivity contribution in [1.29, 1.82) is 0 Å². The minimum atomic E-state index is -0.851. The molecule has 20 heavy (non-hydrogen) atoms. The van der Waals surface area contributed by atoms with Crippen LogP contribution in [0.15, 0.2) is 41.0 Å². The Balaban J connectivity index is 1.60. The first-order valence-corrected chi connectivity index (χ1v) is 6.63. The Morgan fingerprint density at radius 3 is 3.10 bits per heavy atom. The molecule has 1 aromatic heterocycles. The first-order valence-electron chi connectivity index (χ1n) is 6.22. The number of fused-ring (bicyclic) bond motifs is 1. The number of furan rings is 1. The van der Waals surface area contributed by atoms with Crippen LogP contribution in [-0.4, -0.2) is 17.3 Å². The normalized spacial score (nSPS) is 13.2. The fraction of sp³-hybridized carbons (Fsp3) is 0.154. The monoisotopic (exact) mass is 288 g/mol. The minimum absolute atomic E-state index is 0.442. The maximum absolute atomic E-state index is 9.66. The van der Waals surface area contributed by atoms with Gasteiger partial charge >= 0.3 is 7.12 Å². The van der Waals surface area contributed by atoms with Gasteiger partial charge in [0.2, 0.25) is 0 Å². The lowest BCUT2D eigenvalue weighted by atomic mass is 9.79. The van der Waals surface area contributed by atoms with E-state index in [0.717, 1.165) is 22.5 Å². The summed E-state index contributed by atoms with van der Waals surface area (Å²) >= 11 is 5.21. The van der Waals surface area contributed by atoms with Crippen molar-refractivity contribution in [1.82, 2.24) is 5.32 Å². The van der Waals surface area contributed by atoms with Crippen molar-refractivity contribution in [2.24, 2.45) is 0 Å². The summed E-state index contributed by atoms with van der Waals surface area (Å²) in [6, 6.07) is 9.37. The Labute approximate surface area is 122 Å². The molecule has 0 bridgehead atoms. The van der Waals surface area contributed by atoms with E-state index in [1.54, 1.807) is 6.26 Å². The van der Waals surface area contributed by atoms with Crippen molar-refractivity contribution in [2.45, 2.75) is 13.2 Å². The Kier molecular flexibility index (Phi) is 3.73. The zero-order valence-corrected chi connectivity index (χ0v) is 11.4. The lowest BCUT2D eigenvalue weighted by Gasteiger charge is -2.10. The highest BCUT2D eigenvalue weighted by Crippen LogP contribution is 2.14. The van der Waals surface area contributed by atoms with Crippen LogP contribution in [0.4, 0.5) is 5.69 Å². The minimum Gasteiger partial charge on any atom is -0.467 e. The van der Waals surface area contributed by atoms with Gasteiger partial charge in [-0.3, -0.25) is 0 Å². The first kappa shape index (κ1) is 13.2. The van der Waals surface area contributed by atoms with E-state index in [2.05, 4.69) is 10.6 Å². The number of hydrogen-bond acceptors (Lipinski definition) is 4. The van der Waals surface area contributed by atoms with Crippen molar-refractivity contribution in [3.63, 3.8) is 0 Å². The van der Waals surface area contributed by atoms with Crippen molar-refractivity contribution in [3.8, 4) is 0 Å². The molecule has 7 heteroatoms. The molecule has 0 radical (unpaired) electrons. The zero-order valence-electron chi connectivity index (χ0n) is 10.6. The number of nitrogens with one attached hydrogen (secondary N) is 2. The number of rotatable bonds is 3. The fourth-order valence-corrected chi connectivity index (χ4v) is 2.24. The highest BCUT2D eigenvalue weighted by atomic mass is 32.1. The molecule has 3 N–H and O–H groups in total. The smallest absolute Gasteiger partial charge is 0.467 e. The topological polar surface area (TPSA) is 66.7 Å². The lowest BCUT2D eigenvalue weighted by molar-refractivity contribution is 0.275. The van der Waals surface area contributed by atoms with Gasteiger partial charge in [0, 0.05) is 5.69 Å². The molecule has 102 valence electrons. The molecule has 0 amide bonds. The van der Waals surface area contributed by atoms with Gasteiger partial charge in [0.1, 0.15) is 5.76 Å². The summed E-state index contributed by atoms with van der Waals surface area (Å²) < 4.78 is 10.4. The van der Waals surface area contributed by atoms with E-state index in [1.807, 2.05) is 30.3 Å². The van der Waals surface area contributed by atoms with Crippen LogP contribution in [0.1, 0.15) is 11.3 Å². The van der Waals surface area contributed by atoms with Gasteiger partial charge in [-0.25, -0.2) is 0 Å². The van der Waals surface area contributed by atoms with E-state index in [0.29, 0.717) is 18.3 Å². The summed E-state index contributed by atoms with van der Waals surface area (Å²) in [6.07, 6.45) is 1.62. The van der Waals surface area contributed by atoms with Crippen LogP contribution in [0, 0.1) is 0 Å². The molecule has 5 nitrogen and oxygen atoms in total. The molecule has 1 aliphatic rings. The molecule has 1 aromatic carbocycles. The molecular formula is C13H13BN2O3S. The van der Waals surface area contributed by atoms with E-state index >= 15 is 0 Å². The van der Waals surface area contributed by atoms with Gasteiger partial charge in [-0.05, 0) is 47.5 Å². The lowest BCUT2D eigenvalue weighted by Crippen LogP contribution is -2.30. The van der Waals surface area contributed by atoms with Crippen LogP contribution in [0.5, 0.6) is 0 Å². The molecule has 2 aromatic rings. The van der Waals surface area contributed by atoms with Crippen LogP contribution in [-0.2, 0) is 17.8 Å². The van der Waals surface area contributed by atoms with Crippen molar-refractivity contribution in [2.75, 3.05) is 5.32 Å². The molecule has 0 saturated carbocycles. The maximum atomic E-state index is 9.66. The van der Waals surface area contributed by atoms with Crippen molar-refractivity contribution >= 4 is 35.6 Å². The summed E-state index contributed by atoms with van der Waals surface area (Å²) in [5, 5.41) is 16.3. The third-order valence-corrected chi connectivity index (χ3v) is 3.32. The number of anilines is 1. The Bertz CT molecular complexity index is 618. The molecule has 0 spiro atoms. The van der Waals surface area contributed by atoms with Crippen LogP contribution >= 0.6 is 12.2 Å². The van der Waals surface area contributed by atoms with E-state index in [4.69, 9.17) is 21.3 Å². The molecule has 0 fully saturated rings. The number of benzene rings is 1. The standard InChI is InChI=1S/C13H13BN2O3S/c17-14-12-6-10(4-3-9(12)8-19-14)16-13(20)15-7-11-2-1-5-18-11/h1-6,17H,7-8H2,(H2,15,16,20). The van der Waals surface area contributed by atoms with Crippen molar-refractivity contribution < 1.29 is 14.1 Å². The highest BCUT2D eigenvalue weighted by molar-refractivity contribution is 7.80. The summed E-state index contributed by atoms with van der Waals surface area (Å²) in [5.41, 5.74) is 2.59. The van der Waals surface area contributed by atoms with Gasteiger partial charge in [-0.1, -0.05) is 6.07 Å². The van der Waals surface area contributed by atoms with Crippen LogP contribution < -0.4 is 16.1 Å². The van der Waals surface area contributed by atoms with Crippen molar-refractivity contribution in [3.05, 3.63) is 47.9 Å². The first-order chi connectivity index (χ1) is 9.72. The van der Waals surface area contributed by atoms with E-state index in [-0.39, 0.29) is 0 Å². The fourth-order valence-electron chi connectivity index (χ4n) is 2.05. The molecule has 3 rings (SSSR count). The summed E-state index contributed by atoms with van der Waals surface area (Å²) in [6.45, 7) is 0.966. The SMILES string of the molecule is OB1OCc2ccc(NC(=S)NCc3ccco3)cc21.